The van der Waals surface area contributed by atoms with Gasteiger partial charge in [0, 0.05) is 13.0 Å². The number of aromatic nitrogens is 2. The topological polar surface area (TPSA) is 168 Å². The number of aliphatic hydroxyl groups is 2. The van der Waals surface area contributed by atoms with Crippen molar-refractivity contribution in [2.24, 2.45) is 5.92 Å². The Hall–Kier alpha value is -4.22. The van der Waals surface area contributed by atoms with E-state index >= 15 is 0 Å². The van der Waals surface area contributed by atoms with Crippen molar-refractivity contribution in [1.82, 2.24) is 15.3 Å². The molecule has 0 saturated carbocycles. The summed E-state index contributed by atoms with van der Waals surface area (Å²) in [5.41, 5.74) is -0.455. The van der Waals surface area contributed by atoms with E-state index in [0.29, 0.717) is 6.42 Å². The van der Waals surface area contributed by atoms with Crippen molar-refractivity contribution in [3.8, 4) is 0 Å². The molecule has 1 aromatic rings. The van der Waals surface area contributed by atoms with E-state index in [1.165, 1.54) is 6.92 Å². The Kier molecular flexibility index (Phi) is 18.5. The SMILES string of the molecule is CCC=CCC=CCC=CCC=CCC=CCC=CCCC(=O)NC(C(=O)Nc1nc2c(c(=O)[nH]1)NC(C(O)C(C)O)CN2)C(C)C. The average Bonchev–Trinajstić information content (AvgIpc) is 3.04. The second kappa shape index (κ2) is 22.3. The Labute approximate surface area is 279 Å². The number of aliphatic hydroxyl groups excluding tert-OH is 2. The monoisotopic (exact) mass is 650 g/mol. The minimum atomic E-state index is -1.09. The molecule has 0 radical (unpaired) electrons. The van der Waals surface area contributed by atoms with E-state index in [2.05, 4.69) is 98.9 Å². The van der Waals surface area contributed by atoms with Gasteiger partial charge in [-0.1, -0.05) is 93.7 Å². The van der Waals surface area contributed by atoms with Crippen molar-refractivity contribution < 1.29 is 19.8 Å². The second-order valence-electron chi connectivity index (χ2n) is 11.7. The van der Waals surface area contributed by atoms with E-state index in [1.54, 1.807) is 0 Å². The van der Waals surface area contributed by atoms with Crippen molar-refractivity contribution >= 4 is 29.3 Å². The first-order chi connectivity index (χ1) is 22.6. The first kappa shape index (κ1) is 39.0. The number of carbonyl (C=O) groups excluding carboxylic acids is 2. The number of hydrogen-bond acceptors (Lipinski definition) is 8. The zero-order chi connectivity index (χ0) is 34.4. The summed E-state index contributed by atoms with van der Waals surface area (Å²) in [6.07, 6.45) is 29.9. The number of nitrogens with zero attached hydrogens (tertiary/aromatic N) is 1. The summed E-state index contributed by atoms with van der Waals surface area (Å²) in [7, 11) is 0. The van der Waals surface area contributed by atoms with E-state index in [9.17, 15) is 24.6 Å². The number of nitrogens with one attached hydrogen (secondary N) is 5. The van der Waals surface area contributed by atoms with Gasteiger partial charge in [0.1, 0.15) is 17.8 Å². The molecule has 1 aromatic heterocycles. The Morgan fingerprint density at radius 3 is 1.91 bits per heavy atom. The van der Waals surface area contributed by atoms with E-state index in [1.807, 2.05) is 26.0 Å². The molecule has 2 rings (SSSR count). The van der Waals surface area contributed by atoms with Crippen LogP contribution in [0.5, 0.6) is 0 Å². The van der Waals surface area contributed by atoms with Gasteiger partial charge in [-0.05, 0) is 57.8 Å². The molecule has 0 spiro atoms. The number of aromatic amines is 1. The molecule has 0 fully saturated rings. The molecule has 4 atom stereocenters. The lowest BCUT2D eigenvalue weighted by atomic mass is 10.0. The summed E-state index contributed by atoms with van der Waals surface area (Å²) >= 11 is 0. The lowest BCUT2D eigenvalue weighted by molar-refractivity contribution is -0.127. The van der Waals surface area contributed by atoms with Gasteiger partial charge in [-0.25, -0.2) is 0 Å². The van der Waals surface area contributed by atoms with Gasteiger partial charge in [0.25, 0.3) is 5.56 Å². The summed E-state index contributed by atoms with van der Waals surface area (Å²) in [6, 6.07) is -1.43. The maximum absolute atomic E-state index is 13.0. The van der Waals surface area contributed by atoms with Crippen molar-refractivity contribution in [2.45, 2.75) is 103 Å². The highest BCUT2D eigenvalue weighted by molar-refractivity contribution is 5.96. The predicted octanol–water partition coefficient (Wildman–Crippen LogP) is 5.27. The van der Waals surface area contributed by atoms with Gasteiger partial charge in [0.05, 0.1) is 12.1 Å². The van der Waals surface area contributed by atoms with Crippen LogP contribution in [-0.4, -0.2) is 62.8 Å². The van der Waals surface area contributed by atoms with Gasteiger partial charge in [0.15, 0.2) is 5.82 Å². The zero-order valence-electron chi connectivity index (χ0n) is 28.2. The zero-order valence-corrected chi connectivity index (χ0v) is 28.2. The van der Waals surface area contributed by atoms with Gasteiger partial charge >= 0.3 is 0 Å². The van der Waals surface area contributed by atoms with Crippen LogP contribution in [0.15, 0.2) is 77.7 Å². The third-order valence-corrected chi connectivity index (χ3v) is 7.29. The quantitative estimate of drug-likeness (QED) is 0.0936. The lowest BCUT2D eigenvalue weighted by Crippen LogP contribution is -2.49. The van der Waals surface area contributed by atoms with Gasteiger partial charge in [-0.2, -0.15) is 4.98 Å². The van der Waals surface area contributed by atoms with Crippen LogP contribution in [0.3, 0.4) is 0 Å². The smallest absolute Gasteiger partial charge is 0.277 e. The van der Waals surface area contributed by atoms with Crippen molar-refractivity contribution in [3.05, 3.63) is 83.3 Å². The number of fused-ring (bicyclic) bond motifs is 1. The van der Waals surface area contributed by atoms with Crippen molar-refractivity contribution in [3.63, 3.8) is 0 Å². The Bertz CT molecular complexity index is 1340. The Morgan fingerprint density at radius 2 is 1.40 bits per heavy atom. The highest BCUT2D eigenvalue weighted by Gasteiger charge is 2.30. The molecular formula is C36H54N6O5. The number of hydrogen-bond donors (Lipinski definition) is 7. The highest BCUT2D eigenvalue weighted by atomic mass is 16.3. The first-order valence-corrected chi connectivity index (χ1v) is 16.6. The molecule has 11 heteroatoms. The van der Waals surface area contributed by atoms with Crippen LogP contribution < -0.4 is 26.8 Å². The molecule has 0 bridgehead atoms. The van der Waals surface area contributed by atoms with E-state index < -0.39 is 35.8 Å². The molecule has 2 amide bonds. The maximum Gasteiger partial charge on any atom is 0.277 e. The molecule has 1 aliphatic rings. The molecule has 0 aromatic carbocycles. The number of rotatable bonds is 20. The van der Waals surface area contributed by atoms with Crippen LogP contribution in [-0.2, 0) is 9.59 Å². The fourth-order valence-corrected chi connectivity index (χ4v) is 4.61. The standard InChI is InChI=1S/C36H54N6O5/c1-5-6-7-8-9-10-11-12-13-14-15-16-17-18-19-20-21-22-23-24-29(44)39-30(26(2)3)34(46)41-36-40-33-31(35(47)42-36)38-28(25-37-33)32(45)27(4)43/h6-7,9-10,12-13,15-16,18-19,21-22,26-28,30,32,38,43,45H,5,8,11,14,17,20,23-25H2,1-4H3,(H,39,44)(H3,37,40,41,42,46,47). The fourth-order valence-electron chi connectivity index (χ4n) is 4.61. The molecule has 1 aliphatic heterocycles. The number of H-pyrrole nitrogens is 1. The molecule has 47 heavy (non-hydrogen) atoms. The van der Waals surface area contributed by atoms with Gasteiger partial charge in [-0.15, -0.1) is 0 Å². The second-order valence-corrected chi connectivity index (χ2v) is 11.7. The largest absolute Gasteiger partial charge is 0.391 e. The number of allylic oxidation sites excluding steroid dienone is 12. The summed E-state index contributed by atoms with van der Waals surface area (Å²) in [5, 5.41) is 31.0. The Morgan fingerprint density at radius 1 is 0.872 bits per heavy atom. The van der Waals surface area contributed by atoms with Crippen molar-refractivity contribution in [1.29, 1.82) is 0 Å². The molecule has 2 heterocycles. The lowest BCUT2D eigenvalue weighted by Gasteiger charge is -2.31. The molecule has 0 aliphatic carbocycles. The van der Waals surface area contributed by atoms with E-state index in [-0.39, 0.29) is 42.2 Å². The van der Waals surface area contributed by atoms with Gasteiger partial charge in [0.2, 0.25) is 17.8 Å². The predicted molar refractivity (Wildman–Crippen MR) is 191 cm³/mol. The average molecular weight is 651 g/mol. The number of anilines is 3. The van der Waals surface area contributed by atoms with Crippen LogP contribution in [0, 0.1) is 5.92 Å². The van der Waals surface area contributed by atoms with Crippen molar-refractivity contribution in [2.75, 3.05) is 22.5 Å². The molecule has 7 N–H and O–H groups in total. The van der Waals surface area contributed by atoms with E-state index in [0.717, 1.165) is 38.5 Å². The number of amides is 2. The number of carbonyl (C=O) groups is 2. The molecule has 258 valence electrons. The summed E-state index contributed by atoms with van der Waals surface area (Å²) < 4.78 is 0. The van der Waals surface area contributed by atoms with Crippen LogP contribution in [0.2, 0.25) is 0 Å². The molecule has 11 nitrogen and oxygen atoms in total. The summed E-state index contributed by atoms with van der Waals surface area (Å²) in [4.78, 5) is 45.0. The van der Waals surface area contributed by atoms with Crippen LogP contribution in [0.4, 0.5) is 17.5 Å². The third-order valence-electron chi connectivity index (χ3n) is 7.29. The van der Waals surface area contributed by atoms with Gasteiger partial charge < -0.3 is 26.2 Å². The minimum Gasteiger partial charge on any atom is -0.391 e. The summed E-state index contributed by atoms with van der Waals surface area (Å²) in [6.45, 7) is 7.44. The Balaban J connectivity index is 1.70. The molecular weight excluding hydrogens is 596 g/mol. The minimum absolute atomic E-state index is 0.0690. The van der Waals surface area contributed by atoms with Crippen LogP contribution in [0.25, 0.3) is 0 Å². The summed E-state index contributed by atoms with van der Waals surface area (Å²) in [5.74, 6) is -0.827. The molecule has 4 unspecified atom stereocenters. The van der Waals surface area contributed by atoms with E-state index in [4.69, 9.17) is 0 Å². The highest BCUT2D eigenvalue weighted by Crippen LogP contribution is 2.22. The molecule has 0 saturated heterocycles. The maximum atomic E-state index is 13.0. The fraction of sp³-hybridized carbons (Fsp3) is 0.500. The van der Waals surface area contributed by atoms with Crippen LogP contribution in [0.1, 0.15) is 79.1 Å². The normalized spacial score (nSPS) is 17.1. The first-order valence-electron chi connectivity index (χ1n) is 16.6. The van der Waals surface area contributed by atoms with Crippen LogP contribution >= 0.6 is 0 Å². The van der Waals surface area contributed by atoms with Gasteiger partial charge in [-0.3, -0.25) is 24.7 Å². The third kappa shape index (κ3) is 15.3.